The van der Waals surface area contributed by atoms with E-state index in [1.807, 2.05) is 4.90 Å². The Morgan fingerprint density at radius 1 is 1.39 bits per heavy atom. The molecule has 2 N–H and O–H groups in total. The molecule has 0 radical (unpaired) electrons. The summed E-state index contributed by atoms with van der Waals surface area (Å²) in [5.41, 5.74) is 5.36. The molecule has 0 bridgehead atoms. The van der Waals surface area contributed by atoms with Crippen molar-refractivity contribution in [2.75, 3.05) is 39.0 Å². The molecule has 1 aromatic heterocycles. The van der Waals surface area contributed by atoms with Crippen LogP contribution in [0.2, 0.25) is 0 Å². The summed E-state index contributed by atoms with van der Waals surface area (Å²) in [5, 5.41) is 7.95. The summed E-state index contributed by atoms with van der Waals surface area (Å²) >= 11 is 1.26. The highest BCUT2D eigenvalue weighted by Gasteiger charge is 2.19. The van der Waals surface area contributed by atoms with E-state index in [1.165, 1.54) is 11.8 Å². The largest absolute Gasteiger partial charge is 0.415 e. The Morgan fingerprint density at radius 3 is 2.72 bits per heavy atom. The SMILES string of the molecule is CN1CCN(C(=O)CSc2nnc(CN)o2)CC1. The van der Waals surface area contributed by atoms with E-state index in [0.717, 1.165) is 26.2 Å². The molecule has 1 aliphatic rings. The van der Waals surface area contributed by atoms with E-state index in [9.17, 15) is 4.79 Å². The number of aromatic nitrogens is 2. The number of nitrogens with zero attached hydrogens (tertiary/aromatic N) is 4. The van der Waals surface area contributed by atoms with Gasteiger partial charge in [-0.2, -0.15) is 0 Å². The quantitative estimate of drug-likeness (QED) is 0.731. The molecule has 0 saturated carbocycles. The summed E-state index contributed by atoms with van der Waals surface area (Å²) in [5.74, 6) is 0.834. The van der Waals surface area contributed by atoms with Crippen molar-refractivity contribution in [2.45, 2.75) is 11.8 Å². The molecule has 2 heterocycles. The fraction of sp³-hybridized carbons (Fsp3) is 0.700. The third-order valence-corrected chi connectivity index (χ3v) is 3.60. The van der Waals surface area contributed by atoms with Gasteiger partial charge in [0.15, 0.2) is 0 Å². The van der Waals surface area contributed by atoms with Crippen LogP contribution in [0.3, 0.4) is 0 Å². The molecule has 1 fully saturated rings. The smallest absolute Gasteiger partial charge is 0.277 e. The van der Waals surface area contributed by atoms with Crippen LogP contribution in [0.4, 0.5) is 0 Å². The first kappa shape index (κ1) is 13.3. The van der Waals surface area contributed by atoms with E-state index in [-0.39, 0.29) is 12.5 Å². The van der Waals surface area contributed by atoms with Crippen LogP contribution in [0.5, 0.6) is 0 Å². The van der Waals surface area contributed by atoms with Gasteiger partial charge in [-0.1, -0.05) is 11.8 Å². The van der Waals surface area contributed by atoms with Crippen molar-refractivity contribution >= 4 is 17.7 Å². The number of carbonyl (C=O) groups is 1. The van der Waals surface area contributed by atoms with Gasteiger partial charge >= 0.3 is 0 Å². The average Bonchev–Trinajstić information content (AvgIpc) is 2.85. The van der Waals surface area contributed by atoms with E-state index in [0.29, 0.717) is 16.9 Å². The first-order valence-corrected chi connectivity index (χ1v) is 6.79. The lowest BCUT2D eigenvalue weighted by atomic mass is 10.3. The summed E-state index contributed by atoms with van der Waals surface area (Å²) in [4.78, 5) is 16.0. The zero-order chi connectivity index (χ0) is 13.0. The van der Waals surface area contributed by atoms with Crippen LogP contribution in [-0.2, 0) is 11.3 Å². The zero-order valence-corrected chi connectivity index (χ0v) is 11.2. The second-order valence-corrected chi connectivity index (χ2v) is 5.07. The fourth-order valence-electron chi connectivity index (χ4n) is 1.65. The second-order valence-electron chi connectivity index (χ2n) is 4.14. The van der Waals surface area contributed by atoms with Crippen molar-refractivity contribution < 1.29 is 9.21 Å². The Bertz CT molecular complexity index is 403. The van der Waals surface area contributed by atoms with Gasteiger partial charge < -0.3 is 20.0 Å². The van der Waals surface area contributed by atoms with Crippen LogP contribution in [0.15, 0.2) is 9.64 Å². The minimum absolute atomic E-state index is 0.112. The third kappa shape index (κ3) is 3.44. The number of nitrogens with two attached hydrogens (primary N) is 1. The zero-order valence-electron chi connectivity index (χ0n) is 10.3. The number of rotatable bonds is 4. The standard InChI is InChI=1S/C10H17N5O2S/c1-14-2-4-15(5-3-14)9(16)7-18-10-13-12-8(6-11)17-10/h2-7,11H2,1H3. The summed E-state index contributed by atoms with van der Waals surface area (Å²) in [6.07, 6.45) is 0. The lowest BCUT2D eigenvalue weighted by molar-refractivity contribution is -0.129. The molecule has 1 amide bonds. The van der Waals surface area contributed by atoms with Gasteiger partial charge in [-0.15, -0.1) is 10.2 Å². The Morgan fingerprint density at radius 2 is 2.11 bits per heavy atom. The van der Waals surface area contributed by atoms with Crippen LogP contribution in [0, 0.1) is 0 Å². The van der Waals surface area contributed by atoms with Gasteiger partial charge in [0.05, 0.1) is 12.3 Å². The molecule has 100 valence electrons. The molecular formula is C10H17N5O2S. The molecular weight excluding hydrogens is 254 g/mol. The van der Waals surface area contributed by atoms with Crippen LogP contribution in [0.1, 0.15) is 5.89 Å². The molecule has 0 aliphatic carbocycles. The van der Waals surface area contributed by atoms with Crippen molar-refractivity contribution in [1.29, 1.82) is 0 Å². The molecule has 8 heteroatoms. The second kappa shape index (κ2) is 6.17. The van der Waals surface area contributed by atoms with Gasteiger partial charge in [0.25, 0.3) is 5.22 Å². The van der Waals surface area contributed by atoms with Gasteiger partial charge in [0, 0.05) is 26.2 Å². The van der Waals surface area contributed by atoms with Crippen LogP contribution < -0.4 is 5.73 Å². The fourth-order valence-corrected chi connectivity index (χ4v) is 2.33. The number of thioether (sulfide) groups is 1. The number of likely N-dealkylation sites (N-methyl/N-ethyl adjacent to an activating group) is 1. The van der Waals surface area contributed by atoms with Crippen LogP contribution in [0.25, 0.3) is 0 Å². The number of hydrogen-bond acceptors (Lipinski definition) is 7. The summed E-state index contributed by atoms with van der Waals surface area (Å²) < 4.78 is 5.22. The Hall–Kier alpha value is -1.12. The van der Waals surface area contributed by atoms with Gasteiger partial charge in [0.2, 0.25) is 11.8 Å². The third-order valence-electron chi connectivity index (χ3n) is 2.80. The Balaban J connectivity index is 1.77. The van der Waals surface area contributed by atoms with E-state index in [1.54, 1.807) is 0 Å². The summed E-state index contributed by atoms with van der Waals surface area (Å²) in [6.45, 7) is 3.64. The molecule has 7 nitrogen and oxygen atoms in total. The molecule has 0 aromatic carbocycles. The predicted octanol–water partition coefficient (Wildman–Crippen LogP) is -0.606. The molecule has 1 aromatic rings. The maximum Gasteiger partial charge on any atom is 0.277 e. The van der Waals surface area contributed by atoms with Gasteiger partial charge in [-0.05, 0) is 7.05 Å². The van der Waals surface area contributed by atoms with Crippen molar-refractivity contribution in [3.05, 3.63) is 5.89 Å². The molecule has 2 rings (SSSR count). The van der Waals surface area contributed by atoms with E-state index >= 15 is 0 Å². The van der Waals surface area contributed by atoms with Crippen LogP contribution in [-0.4, -0.2) is 64.9 Å². The minimum Gasteiger partial charge on any atom is -0.415 e. The lowest BCUT2D eigenvalue weighted by Crippen LogP contribution is -2.47. The van der Waals surface area contributed by atoms with Crippen molar-refractivity contribution in [1.82, 2.24) is 20.0 Å². The number of carbonyl (C=O) groups excluding carboxylic acids is 1. The van der Waals surface area contributed by atoms with Gasteiger partial charge in [0.1, 0.15) is 0 Å². The Kier molecular flexibility index (Phi) is 4.56. The highest BCUT2D eigenvalue weighted by atomic mass is 32.2. The first-order chi connectivity index (χ1) is 8.69. The van der Waals surface area contributed by atoms with E-state index < -0.39 is 0 Å². The minimum atomic E-state index is 0.112. The monoisotopic (exact) mass is 271 g/mol. The molecule has 0 spiro atoms. The summed E-state index contributed by atoms with van der Waals surface area (Å²) in [6, 6.07) is 0. The lowest BCUT2D eigenvalue weighted by Gasteiger charge is -2.32. The summed E-state index contributed by atoms with van der Waals surface area (Å²) in [7, 11) is 2.06. The maximum atomic E-state index is 11.9. The van der Waals surface area contributed by atoms with Crippen LogP contribution >= 0.6 is 11.8 Å². The average molecular weight is 271 g/mol. The predicted molar refractivity (Wildman–Crippen MR) is 67.0 cm³/mol. The number of piperazine rings is 1. The van der Waals surface area contributed by atoms with E-state index in [4.69, 9.17) is 10.2 Å². The molecule has 0 unspecified atom stereocenters. The van der Waals surface area contributed by atoms with Crippen molar-refractivity contribution in [3.8, 4) is 0 Å². The molecule has 0 atom stereocenters. The topological polar surface area (TPSA) is 88.5 Å². The van der Waals surface area contributed by atoms with Gasteiger partial charge in [-0.25, -0.2) is 0 Å². The first-order valence-electron chi connectivity index (χ1n) is 5.80. The maximum absolute atomic E-state index is 11.9. The Labute approximate surface area is 110 Å². The highest BCUT2D eigenvalue weighted by molar-refractivity contribution is 7.99. The number of amides is 1. The van der Waals surface area contributed by atoms with E-state index in [2.05, 4.69) is 22.1 Å². The molecule has 18 heavy (non-hydrogen) atoms. The van der Waals surface area contributed by atoms with Crippen molar-refractivity contribution in [2.24, 2.45) is 5.73 Å². The van der Waals surface area contributed by atoms with Gasteiger partial charge in [-0.3, -0.25) is 4.79 Å². The molecule has 1 saturated heterocycles. The normalized spacial score (nSPS) is 17.1. The highest BCUT2D eigenvalue weighted by Crippen LogP contribution is 2.16. The molecule has 1 aliphatic heterocycles. The van der Waals surface area contributed by atoms with Crippen molar-refractivity contribution in [3.63, 3.8) is 0 Å². The number of hydrogen-bond donors (Lipinski definition) is 1.